The van der Waals surface area contributed by atoms with Crippen LogP contribution in [0.25, 0.3) is 0 Å². The molecule has 2 aliphatic heterocycles. The van der Waals surface area contributed by atoms with Gasteiger partial charge in [-0.2, -0.15) is 0 Å². The normalized spacial score (nSPS) is 16.0. The van der Waals surface area contributed by atoms with Crippen LogP contribution in [0.4, 0.5) is 17.1 Å². The van der Waals surface area contributed by atoms with Gasteiger partial charge in [-0.1, -0.05) is 30.3 Å². The SMILES string of the molecule is CC(C)Oc1ccccc1N1CCN(Cc2cccc(C(=O)N3CCc4ccc(N)cc43)c2)CC1. The van der Waals surface area contributed by atoms with Gasteiger partial charge in [0.25, 0.3) is 5.91 Å². The molecule has 0 bridgehead atoms. The molecule has 1 fully saturated rings. The number of amides is 1. The van der Waals surface area contributed by atoms with Crippen LogP contribution in [0.2, 0.25) is 0 Å². The van der Waals surface area contributed by atoms with Gasteiger partial charge in [-0.15, -0.1) is 0 Å². The number of fused-ring (bicyclic) bond motifs is 1. The van der Waals surface area contributed by atoms with E-state index in [2.05, 4.69) is 47.9 Å². The number of nitrogens with zero attached hydrogens (tertiary/aromatic N) is 3. The third-order valence-corrected chi connectivity index (χ3v) is 6.77. The summed E-state index contributed by atoms with van der Waals surface area (Å²) in [5.41, 5.74) is 11.9. The van der Waals surface area contributed by atoms with Crippen molar-refractivity contribution in [1.82, 2.24) is 4.90 Å². The molecule has 1 amide bonds. The second-order valence-corrected chi connectivity index (χ2v) is 9.69. The number of para-hydroxylation sites is 2. The Balaban J connectivity index is 1.23. The zero-order valence-corrected chi connectivity index (χ0v) is 20.6. The summed E-state index contributed by atoms with van der Waals surface area (Å²) in [6.45, 7) is 9.48. The lowest BCUT2D eigenvalue weighted by Gasteiger charge is -2.37. The highest BCUT2D eigenvalue weighted by Crippen LogP contribution is 2.32. The van der Waals surface area contributed by atoms with Gasteiger partial charge in [0.15, 0.2) is 0 Å². The number of piperazine rings is 1. The van der Waals surface area contributed by atoms with Gasteiger partial charge in [-0.05, 0) is 67.8 Å². The van der Waals surface area contributed by atoms with Gasteiger partial charge >= 0.3 is 0 Å². The number of anilines is 3. The van der Waals surface area contributed by atoms with E-state index in [-0.39, 0.29) is 12.0 Å². The molecule has 0 saturated carbocycles. The van der Waals surface area contributed by atoms with Crippen LogP contribution in [0.15, 0.2) is 66.7 Å². The van der Waals surface area contributed by atoms with Crippen molar-refractivity contribution < 1.29 is 9.53 Å². The number of rotatable bonds is 6. The molecule has 0 atom stereocenters. The van der Waals surface area contributed by atoms with Crippen molar-refractivity contribution in [2.75, 3.05) is 48.3 Å². The summed E-state index contributed by atoms with van der Waals surface area (Å²) in [5.74, 6) is 0.996. The summed E-state index contributed by atoms with van der Waals surface area (Å²) in [7, 11) is 0. The minimum Gasteiger partial charge on any atom is -0.489 e. The van der Waals surface area contributed by atoms with Crippen molar-refractivity contribution in [2.45, 2.75) is 32.9 Å². The van der Waals surface area contributed by atoms with Gasteiger partial charge in [-0.3, -0.25) is 9.69 Å². The third kappa shape index (κ3) is 5.13. The van der Waals surface area contributed by atoms with Crippen LogP contribution in [0.1, 0.15) is 35.3 Å². The molecule has 0 aliphatic carbocycles. The lowest BCUT2D eigenvalue weighted by Crippen LogP contribution is -2.46. The Kier molecular flexibility index (Phi) is 6.64. The molecule has 2 N–H and O–H groups in total. The number of carbonyl (C=O) groups is 1. The van der Waals surface area contributed by atoms with Crippen LogP contribution in [0.3, 0.4) is 0 Å². The minimum atomic E-state index is 0.0442. The Bertz CT molecular complexity index is 1200. The molecule has 3 aromatic rings. The van der Waals surface area contributed by atoms with Crippen molar-refractivity contribution in [2.24, 2.45) is 0 Å². The minimum absolute atomic E-state index is 0.0442. The average molecular weight is 471 g/mol. The Hall–Kier alpha value is -3.51. The van der Waals surface area contributed by atoms with E-state index in [0.717, 1.165) is 56.1 Å². The van der Waals surface area contributed by atoms with Crippen molar-refractivity contribution in [3.63, 3.8) is 0 Å². The summed E-state index contributed by atoms with van der Waals surface area (Å²) < 4.78 is 6.03. The molecule has 3 aromatic carbocycles. The summed E-state index contributed by atoms with van der Waals surface area (Å²) in [6.07, 6.45) is 1.02. The van der Waals surface area contributed by atoms with E-state index in [4.69, 9.17) is 10.5 Å². The van der Waals surface area contributed by atoms with E-state index in [1.54, 1.807) is 0 Å². The number of benzene rings is 3. The van der Waals surface area contributed by atoms with Crippen LogP contribution in [0, 0.1) is 0 Å². The lowest BCUT2D eigenvalue weighted by atomic mass is 10.1. The van der Waals surface area contributed by atoms with E-state index in [9.17, 15) is 4.79 Å². The molecule has 2 heterocycles. The zero-order valence-electron chi connectivity index (χ0n) is 20.6. The maximum Gasteiger partial charge on any atom is 0.258 e. The fraction of sp³-hybridized carbons (Fsp3) is 0.345. The Morgan fingerprint density at radius 3 is 2.51 bits per heavy atom. The predicted molar refractivity (Wildman–Crippen MR) is 142 cm³/mol. The predicted octanol–water partition coefficient (Wildman–Crippen LogP) is 4.58. The lowest BCUT2D eigenvalue weighted by molar-refractivity contribution is 0.0989. The molecular formula is C29H34N4O2. The molecule has 35 heavy (non-hydrogen) atoms. The first-order valence-corrected chi connectivity index (χ1v) is 12.5. The van der Waals surface area contributed by atoms with E-state index >= 15 is 0 Å². The second kappa shape index (κ2) is 10.0. The molecule has 0 spiro atoms. The summed E-state index contributed by atoms with van der Waals surface area (Å²) >= 11 is 0. The van der Waals surface area contributed by atoms with Gasteiger partial charge < -0.3 is 20.3 Å². The molecule has 0 radical (unpaired) electrons. The first kappa shape index (κ1) is 23.2. The van der Waals surface area contributed by atoms with Crippen LogP contribution in [-0.4, -0.2) is 49.6 Å². The largest absolute Gasteiger partial charge is 0.489 e. The maximum atomic E-state index is 13.3. The van der Waals surface area contributed by atoms with Crippen LogP contribution in [0.5, 0.6) is 5.75 Å². The second-order valence-electron chi connectivity index (χ2n) is 9.69. The van der Waals surface area contributed by atoms with Crippen LogP contribution >= 0.6 is 0 Å². The molecule has 182 valence electrons. The van der Waals surface area contributed by atoms with E-state index in [0.29, 0.717) is 12.2 Å². The standard InChI is InChI=1S/C29H34N4O2/c1-21(2)35-28-9-4-3-8-26(28)32-16-14-31(15-17-32)20-22-6-5-7-24(18-22)29(34)33-13-12-23-10-11-25(30)19-27(23)33/h3-11,18-19,21H,12-17,20,30H2,1-2H3. The highest BCUT2D eigenvalue weighted by molar-refractivity contribution is 6.07. The number of nitrogens with two attached hydrogens (primary N) is 1. The smallest absolute Gasteiger partial charge is 0.258 e. The topological polar surface area (TPSA) is 62.0 Å². The highest BCUT2D eigenvalue weighted by Gasteiger charge is 2.26. The average Bonchev–Trinajstić information content (AvgIpc) is 3.27. The van der Waals surface area contributed by atoms with Crippen molar-refractivity contribution >= 4 is 23.0 Å². The van der Waals surface area contributed by atoms with Crippen molar-refractivity contribution in [3.05, 3.63) is 83.4 Å². The molecule has 0 unspecified atom stereocenters. The van der Waals surface area contributed by atoms with E-state index in [1.807, 2.05) is 47.4 Å². The number of hydrogen-bond acceptors (Lipinski definition) is 5. The summed E-state index contributed by atoms with van der Waals surface area (Å²) in [5, 5.41) is 0. The van der Waals surface area contributed by atoms with E-state index < -0.39 is 0 Å². The van der Waals surface area contributed by atoms with Crippen molar-refractivity contribution in [1.29, 1.82) is 0 Å². The fourth-order valence-corrected chi connectivity index (χ4v) is 5.04. The van der Waals surface area contributed by atoms with Crippen molar-refractivity contribution in [3.8, 4) is 5.75 Å². The van der Waals surface area contributed by atoms with Crippen LogP contribution in [-0.2, 0) is 13.0 Å². The summed E-state index contributed by atoms with van der Waals surface area (Å²) in [6, 6.07) is 22.2. The molecule has 2 aliphatic rings. The fourth-order valence-electron chi connectivity index (χ4n) is 5.04. The number of ether oxygens (including phenoxy) is 1. The molecular weight excluding hydrogens is 436 g/mol. The number of carbonyl (C=O) groups excluding carboxylic acids is 1. The first-order chi connectivity index (χ1) is 17.0. The maximum absolute atomic E-state index is 13.3. The third-order valence-electron chi connectivity index (χ3n) is 6.77. The van der Waals surface area contributed by atoms with Crippen LogP contribution < -0.4 is 20.3 Å². The molecule has 5 rings (SSSR count). The Morgan fingerprint density at radius 1 is 0.914 bits per heavy atom. The number of nitrogen functional groups attached to an aromatic ring is 1. The van der Waals surface area contributed by atoms with Gasteiger partial charge in [0.2, 0.25) is 0 Å². The van der Waals surface area contributed by atoms with E-state index in [1.165, 1.54) is 16.8 Å². The van der Waals surface area contributed by atoms with Gasteiger partial charge in [0, 0.05) is 56.2 Å². The zero-order chi connectivity index (χ0) is 24.4. The molecule has 1 saturated heterocycles. The Morgan fingerprint density at radius 2 is 1.71 bits per heavy atom. The monoisotopic (exact) mass is 470 g/mol. The summed E-state index contributed by atoms with van der Waals surface area (Å²) in [4.78, 5) is 20.1. The molecule has 0 aromatic heterocycles. The number of hydrogen-bond donors (Lipinski definition) is 1. The van der Waals surface area contributed by atoms with Gasteiger partial charge in [0.05, 0.1) is 11.8 Å². The first-order valence-electron chi connectivity index (χ1n) is 12.5. The van der Waals surface area contributed by atoms with Gasteiger partial charge in [-0.25, -0.2) is 0 Å². The Labute approximate surface area is 207 Å². The highest BCUT2D eigenvalue weighted by atomic mass is 16.5. The molecule has 6 heteroatoms. The molecule has 6 nitrogen and oxygen atoms in total. The quantitative estimate of drug-likeness (QED) is 0.535. The van der Waals surface area contributed by atoms with Gasteiger partial charge in [0.1, 0.15) is 5.75 Å².